The van der Waals surface area contributed by atoms with Crippen molar-refractivity contribution < 1.29 is 0 Å². The van der Waals surface area contributed by atoms with Gasteiger partial charge in [0.2, 0.25) is 0 Å². The van der Waals surface area contributed by atoms with E-state index < -0.39 is 0 Å². The van der Waals surface area contributed by atoms with E-state index in [9.17, 15) is 0 Å². The minimum Gasteiger partial charge on any atom is -0.314 e. The van der Waals surface area contributed by atoms with Gasteiger partial charge in [-0.1, -0.05) is 33.1 Å². The third kappa shape index (κ3) is 4.62. The molecule has 3 unspecified atom stereocenters. The Labute approximate surface area is 108 Å². The summed E-state index contributed by atoms with van der Waals surface area (Å²) in [6, 6.07) is 0.854. The fraction of sp³-hybridized carbons (Fsp3) is 1.00. The van der Waals surface area contributed by atoms with Gasteiger partial charge in [0.15, 0.2) is 0 Å². The van der Waals surface area contributed by atoms with Gasteiger partial charge in [0, 0.05) is 6.04 Å². The number of hydrogen-bond acceptors (Lipinski definition) is 1. The van der Waals surface area contributed by atoms with Crippen molar-refractivity contribution in [3.8, 4) is 0 Å². The highest BCUT2D eigenvalue weighted by molar-refractivity contribution is 4.87. The molecule has 0 aromatic rings. The van der Waals surface area contributed by atoms with E-state index in [2.05, 4.69) is 19.2 Å². The largest absolute Gasteiger partial charge is 0.314 e. The monoisotopic (exact) mass is 237 g/mol. The normalized spacial score (nSPS) is 31.4. The summed E-state index contributed by atoms with van der Waals surface area (Å²) < 4.78 is 0. The van der Waals surface area contributed by atoms with E-state index >= 15 is 0 Å². The molecular weight excluding hydrogens is 206 g/mol. The number of hydrogen-bond donors (Lipinski definition) is 1. The molecule has 100 valence electrons. The minimum absolute atomic E-state index is 0.854. The van der Waals surface area contributed by atoms with Crippen molar-refractivity contribution in [2.24, 2.45) is 17.8 Å². The standard InChI is InChI=1S/C16H31N/c1-3-11-17-16(15-8-9-15)10-7-14-6-4-5-13(2)12-14/h13-17H,3-12H2,1-2H3. The Kier molecular flexibility index (Phi) is 5.34. The topological polar surface area (TPSA) is 12.0 Å². The molecule has 2 saturated carbocycles. The lowest BCUT2D eigenvalue weighted by Gasteiger charge is -2.28. The lowest BCUT2D eigenvalue weighted by atomic mass is 9.79. The molecule has 0 spiro atoms. The third-order valence-electron chi connectivity index (χ3n) is 4.78. The van der Waals surface area contributed by atoms with E-state index in [1.54, 1.807) is 0 Å². The van der Waals surface area contributed by atoms with E-state index in [0.29, 0.717) is 0 Å². The van der Waals surface area contributed by atoms with Gasteiger partial charge in [-0.15, -0.1) is 0 Å². The molecule has 2 fully saturated rings. The summed E-state index contributed by atoms with van der Waals surface area (Å²) in [5.41, 5.74) is 0. The van der Waals surface area contributed by atoms with Gasteiger partial charge >= 0.3 is 0 Å². The Hall–Kier alpha value is -0.0400. The van der Waals surface area contributed by atoms with Crippen LogP contribution in [-0.2, 0) is 0 Å². The highest BCUT2D eigenvalue weighted by Gasteiger charge is 2.31. The van der Waals surface area contributed by atoms with E-state index in [1.165, 1.54) is 64.3 Å². The van der Waals surface area contributed by atoms with Crippen molar-refractivity contribution >= 4 is 0 Å². The highest BCUT2D eigenvalue weighted by Crippen LogP contribution is 2.37. The molecule has 1 N–H and O–H groups in total. The summed E-state index contributed by atoms with van der Waals surface area (Å²) in [6.07, 6.45) is 13.2. The first-order chi connectivity index (χ1) is 8.29. The molecule has 17 heavy (non-hydrogen) atoms. The predicted octanol–water partition coefficient (Wildman–Crippen LogP) is 4.37. The second-order valence-corrected chi connectivity index (χ2v) is 6.61. The zero-order chi connectivity index (χ0) is 12.1. The summed E-state index contributed by atoms with van der Waals surface area (Å²) in [5, 5.41) is 3.78. The van der Waals surface area contributed by atoms with Gasteiger partial charge in [0.05, 0.1) is 0 Å². The van der Waals surface area contributed by atoms with Crippen molar-refractivity contribution in [1.29, 1.82) is 0 Å². The Morgan fingerprint density at radius 1 is 1.18 bits per heavy atom. The maximum atomic E-state index is 3.78. The fourth-order valence-corrected chi connectivity index (χ4v) is 3.57. The van der Waals surface area contributed by atoms with Crippen LogP contribution >= 0.6 is 0 Å². The Bertz CT molecular complexity index is 210. The smallest absolute Gasteiger partial charge is 0.00954 e. The molecule has 1 nitrogen and oxygen atoms in total. The van der Waals surface area contributed by atoms with Crippen molar-refractivity contribution in [3.05, 3.63) is 0 Å². The molecule has 2 aliphatic rings. The van der Waals surface area contributed by atoms with Crippen LogP contribution in [0.4, 0.5) is 0 Å². The highest BCUT2D eigenvalue weighted by atomic mass is 14.9. The van der Waals surface area contributed by atoms with E-state index in [0.717, 1.165) is 23.8 Å². The SMILES string of the molecule is CCCNC(CCC1CCCC(C)C1)C1CC1. The van der Waals surface area contributed by atoms with Crippen LogP contribution in [0.15, 0.2) is 0 Å². The maximum Gasteiger partial charge on any atom is 0.00954 e. The minimum atomic E-state index is 0.854. The van der Waals surface area contributed by atoms with Gasteiger partial charge in [0.25, 0.3) is 0 Å². The molecule has 0 saturated heterocycles. The molecule has 3 atom stereocenters. The van der Waals surface area contributed by atoms with Crippen LogP contribution < -0.4 is 5.32 Å². The zero-order valence-corrected chi connectivity index (χ0v) is 11.9. The van der Waals surface area contributed by atoms with Crippen molar-refractivity contribution in [3.63, 3.8) is 0 Å². The quantitative estimate of drug-likeness (QED) is 0.693. The Morgan fingerprint density at radius 2 is 2.00 bits per heavy atom. The van der Waals surface area contributed by atoms with Crippen molar-refractivity contribution in [2.45, 2.75) is 77.7 Å². The van der Waals surface area contributed by atoms with Crippen LogP contribution in [0.25, 0.3) is 0 Å². The van der Waals surface area contributed by atoms with Crippen LogP contribution in [0, 0.1) is 17.8 Å². The molecule has 1 heteroatoms. The lowest BCUT2D eigenvalue weighted by molar-refractivity contribution is 0.252. The van der Waals surface area contributed by atoms with Crippen LogP contribution in [0.2, 0.25) is 0 Å². The fourth-order valence-electron chi connectivity index (χ4n) is 3.57. The summed E-state index contributed by atoms with van der Waals surface area (Å²) in [7, 11) is 0. The predicted molar refractivity (Wildman–Crippen MR) is 75.2 cm³/mol. The molecule has 0 amide bonds. The van der Waals surface area contributed by atoms with Gasteiger partial charge in [0.1, 0.15) is 0 Å². The van der Waals surface area contributed by atoms with Crippen LogP contribution in [-0.4, -0.2) is 12.6 Å². The summed E-state index contributed by atoms with van der Waals surface area (Å²) >= 11 is 0. The Balaban J connectivity index is 1.67. The molecular formula is C16H31N. The first kappa shape index (κ1) is 13.4. The lowest BCUT2D eigenvalue weighted by Crippen LogP contribution is -2.32. The molecule has 0 heterocycles. The van der Waals surface area contributed by atoms with Crippen LogP contribution in [0.3, 0.4) is 0 Å². The first-order valence-corrected chi connectivity index (χ1v) is 8.03. The molecule has 0 aliphatic heterocycles. The number of nitrogens with one attached hydrogen (secondary N) is 1. The summed E-state index contributed by atoms with van der Waals surface area (Å²) in [5.74, 6) is 3.07. The van der Waals surface area contributed by atoms with Gasteiger partial charge < -0.3 is 5.32 Å². The second-order valence-electron chi connectivity index (χ2n) is 6.61. The number of rotatable bonds is 7. The summed E-state index contributed by atoms with van der Waals surface area (Å²) in [4.78, 5) is 0. The maximum absolute atomic E-state index is 3.78. The molecule has 2 aliphatic carbocycles. The second kappa shape index (κ2) is 6.78. The Morgan fingerprint density at radius 3 is 2.65 bits per heavy atom. The van der Waals surface area contributed by atoms with Crippen LogP contribution in [0.5, 0.6) is 0 Å². The van der Waals surface area contributed by atoms with E-state index in [1.807, 2.05) is 0 Å². The average Bonchev–Trinajstić information content (AvgIpc) is 3.13. The molecule has 0 radical (unpaired) electrons. The van der Waals surface area contributed by atoms with E-state index in [4.69, 9.17) is 0 Å². The van der Waals surface area contributed by atoms with Gasteiger partial charge in [-0.2, -0.15) is 0 Å². The molecule has 2 rings (SSSR count). The zero-order valence-electron chi connectivity index (χ0n) is 11.9. The van der Waals surface area contributed by atoms with Gasteiger partial charge in [-0.25, -0.2) is 0 Å². The van der Waals surface area contributed by atoms with Crippen LogP contribution in [0.1, 0.15) is 71.6 Å². The molecule has 0 aromatic carbocycles. The van der Waals surface area contributed by atoms with Crippen molar-refractivity contribution in [1.82, 2.24) is 5.32 Å². The first-order valence-electron chi connectivity index (χ1n) is 8.03. The van der Waals surface area contributed by atoms with E-state index in [-0.39, 0.29) is 0 Å². The third-order valence-corrected chi connectivity index (χ3v) is 4.78. The van der Waals surface area contributed by atoms with Gasteiger partial charge in [-0.3, -0.25) is 0 Å². The molecule has 0 aromatic heterocycles. The molecule has 0 bridgehead atoms. The van der Waals surface area contributed by atoms with Crippen molar-refractivity contribution in [2.75, 3.05) is 6.54 Å². The average molecular weight is 237 g/mol. The van der Waals surface area contributed by atoms with Gasteiger partial charge in [-0.05, 0) is 62.8 Å². The summed E-state index contributed by atoms with van der Waals surface area (Å²) in [6.45, 7) is 5.95.